The summed E-state index contributed by atoms with van der Waals surface area (Å²) in [7, 11) is -0.411. The fourth-order valence-corrected chi connectivity index (χ4v) is 3.87. The van der Waals surface area contributed by atoms with Gasteiger partial charge in [-0.1, -0.05) is 12.1 Å². The molecule has 5 nitrogen and oxygen atoms in total. The molecule has 0 spiro atoms. The van der Waals surface area contributed by atoms with E-state index in [0.717, 1.165) is 16.9 Å². The Kier molecular flexibility index (Phi) is 5.85. The molecule has 0 saturated carbocycles. The number of hydrogen-bond donors (Lipinski definition) is 1. The highest BCUT2D eigenvalue weighted by atomic mass is 32.2. The van der Waals surface area contributed by atoms with E-state index in [1.54, 1.807) is 32.4 Å². The van der Waals surface area contributed by atoms with Crippen LogP contribution < -0.4 is 14.2 Å². The van der Waals surface area contributed by atoms with Crippen LogP contribution in [-0.4, -0.2) is 28.7 Å². The van der Waals surface area contributed by atoms with Gasteiger partial charge in [-0.2, -0.15) is 0 Å². The smallest absolute Gasteiger partial charge is 0.240 e. The van der Waals surface area contributed by atoms with E-state index < -0.39 is 10.0 Å². The second-order valence-corrected chi connectivity index (χ2v) is 7.42. The summed E-state index contributed by atoms with van der Waals surface area (Å²) in [4.78, 5) is 0.235. The SMILES string of the molecule is COc1cccc(CC(C)NS(=O)(=O)c2ccc(OC)c(C)c2)c1. The molecular weight excluding hydrogens is 326 g/mol. The Bertz CT molecular complexity index is 802. The first-order valence-corrected chi connectivity index (χ1v) is 9.14. The lowest BCUT2D eigenvalue weighted by atomic mass is 10.1. The van der Waals surface area contributed by atoms with Gasteiger partial charge in [0, 0.05) is 6.04 Å². The molecule has 1 atom stereocenters. The largest absolute Gasteiger partial charge is 0.497 e. The van der Waals surface area contributed by atoms with Gasteiger partial charge in [0.1, 0.15) is 11.5 Å². The Morgan fingerprint density at radius 2 is 1.83 bits per heavy atom. The fourth-order valence-electron chi connectivity index (χ4n) is 2.55. The lowest BCUT2D eigenvalue weighted by molar-refractivity contribution is 0.411. The van der Waals surface area contributed by atoms with Crippen LogP contribution in [0.15, 0.2) is 47.4 Å². The highest BCUT2D eigenvalue weighted by Crippen LogP contribution is 2.22. The van der Waals surface area contributed by atoms with Crippen LogP contribution >= 0.6 is 0 Å². The molecule has 0 heterocycles. The number of ether oxygens (including phenoxy) is 2. The maximum atomic E-state index is 12.5. The Morgan fingerprint density at radius 3 is 2.46 bits per heavy atom. The summed E-state index contributed by atoms with van der Waals surface area (Å²) < 4.78 is 38.1. The molecule has 0 aliphatic carbocycles. The average Bonchev–Trinajstić information content (AvgIpc) is 2.54. The predicted molar refractivity (Wildman–Crippen MR) is 94.2 cm³/mol. The third-order valence-corrected chi connectivity index (χ3v) is 5.30. The molecule has 0 aliphatic rings. The van der Waals surface area contributed by atoms with E-state index in [9.17, 15) is 8.42 Å². The van der Waals surface area contributed by atoms with Gasteiger partial charge in [0.15, 0.2) is 0 Å². The van der Waals surface area contributed by atoms with Gasteiger partial charge in [-0.05, 0) is 61.7 Å². The summed E-state index contributed by atoms with van der Waals surface area (Å²) in [5.74, 6) is 1.42. The zero-order valence-corrected chi connectivity index (χ0v) is 15.2. The van der Waals surface area contributed by atoms with Crippen LogP contribution in [0.4, 0.5) is 0 Å². The zero-order chi connectivity index (χ0) is 17.7. The van der Waals surface area contributed by atoms with E-state index in [0.29, 0.717) is 12.2 Å². The van der Waals surface area contributed by atoms with Gasteiger partial charge in [-0.15, -0.1) is 0 Å². The van der Waals surface area contributed by atoms with E-state index >= 15 is 0 Å². The fraction of sp³-hybridized carbons (Fsp3) is 0.333. The van der Waals surface area contributed by atoms with Gasteiger partial charge < -0.3 is 9.47 Å². The summed E-state index contributed by atoms with van der Waals surface area (Å²) in [6.45, 7) is 3.66. The number of sulfonamides is 1. The molecule has 6 heteroatoms. The van der Waals surface area contributed by atoms with Crippen molar-refractivity contribution in [2.75, 3.05) is 14.2 Å². The molecule has 0 amide bonds. The molecule has 0 bridgehead atoms. The summed E-state index contributed by atoms with van der Waals surface area (Å²) in [5.41, 5.74) is 1.79. The molecule has 130 valence electrons. The lowest BCUT2D eigenvalue weighted by Gasteiger charge is -2.15. The van der Waals surface area contributed by atoms with Crippen molar-refractivity contribution in [3.63, 3.8) is 0 Å². The quantitative estimate of drug-likeness (QED) is 0.835. The van der Waals surface area contributed by atoms with Crippen LogP contribution in [0.1, 0.15) is 18.1 Å². The third kappa shape index (κ3) is 4.49. The van der Waals surface area contributed by atoms with E-state index in [4.69, 9.17) is 9.47 Å². The molecule has 24 heavy (non-hydrogen) atoms. The lowest BCUT2D eigenvalue weighted by Crippen LogP contribution is -2.34. The molecule has 0 aromatic heterocycles. The van der Waals surface area contributed by atoms with Gasteiger partial charge in [0.25, 0.3) is 0 Å². The van der Waals surface area contributed by atoms with Crippen molar-refractivity contribution in [1.82, 2.24) is 4.72 Å². The van der Waals surface area contributed by atoms with Crippen LogP contribution in [0.25, 0.3) is 0 Å². The molecule has 2 aromatic carbocycles. The molecule has 1 unspecified atom stereocenters. The highest BCUT2D eigenvalue weighted by Gasteiger charge is 2.18. The third-order valence-electron chi connectivity index (χ3n) is 3.71. The van der Waals surface area contributed by atoms with Crippen molar-refractivity contribution in [2.24, 2.45) is 0 Å². The second kappa shape index (κ2) is 7.68. The first-order valence-electron chi connectivity index (χ1n) is 7.65. The van der Waals surface area contributed by atoms with E-state index in [1.807, 2.05) is 38.1 Å². The summed E-state index contributed by atoms with van der Waals surface area (Å²) in [6.07, 6.45) is 0.575. The van der Waals surface area contributed by atoms with Gasteiger partial charge in [0.05, 0.1) is 19.1 Å². The minimum absolute atomic E-state index is 0.235. The average molecular weight is 349 g/mol. The number of hydrogen-bond acceptors (Lipinski definition) is 4. The number of aryl methyl sites for hydroxylation is 1. The first kappa shape index (κ1) is 18.3. The van der Waals surface area contributed by atoms with Crippen molar-refractivity contribution in [1.29, 1.82) is 0 Å². The van der Waals surface area contributed by atoms with Gasteiger partial charge in [0.2, 0.25) is 10.0 Å². The molecule has 0 saturated heterocycles. The Balaban J connectivity index is 2.11. The minimum atomic E-state index is -3.58. The molecular formula is C18H23NO4S. The van der Waals surface area contributed by atoms with E-state index in [-0.39, 0.29) is 10.9 Å². The van der Waals surface area contributed by atoms with Crippen molar-refractivity contribution >= 4 is 10.0 Å². The Hall–Kier alpha value is -2.05. The normalized spacial score (nSPS) is 12.7. The Labute approximate surface area is 143 Å². The minimum Gasteiger partial charge on any atom is -0.497 e. The number of rotatable bonds is 7. The monoisotopic (exact) mass is 349 g/mol. The maximum absolute atomic E-state index is 12.5. The van der Waals surface area contributed by atoms with Crippen molar-refractivity contribution in [3.05, 3.63) is 53.6 Å². The van der Waals surface area contributed by atoms with E-state index in [1.165, 1.54) is 0 Å². The summed E-state index contributed by atoms with van der Waals surface area (Å²) in [6, 6.07) is 12.2. The molecule has 0 aliphatic heterocycles. The summed E-state index contributed by atoms with van der Waals surface area (Å²) >= 11 is 0. The topological polar surface area (TPSA) is 64.6 Å². The van der Waals surface area contributed by atoms with E-state index in [2.05, 4.69) is 4.72 Å². The van der Waals surface area contributed by atoms with Gasteiger partial charge >= 0.3 is 0 Å². The van der Waals surface area contributed by atoms with Crippen molar-refractivity contribution in [3.8, 4) is 11.5 Å². The van der Waals surface area contributed by atoms with Crippen LogP contribution in [-0.2, 0) is 16.4 Å². The molecule has 2 aromatic rings. The number of benzene rings is 2. The Morgan fingerprint density at radius 1 is 1.08 bits per heavy atom. The van der Waals surface area contributed by atoms with Crippen LogP contribution in [0.2, 0.25) is 0 Å². The summed E-state index contributed by atoms with van der Waals surface area (Å²) in [5, 5.41) is 0. The first-order chi connectivity index (χ1) is 11.4. The highest BCUT2D eigenvalue weighted by molar-refractivity contribution is 7.89. The predicted octanol–water partition coefficient (Wildman–Crippen LogP) is 2.92. The van der Waals surface area contributed by atoms with Crippen LogP contribution in [0.5, 0.6) is 11.5 Å². The second-order valence-electron chi connectivity index (χ2n) is 5.71. The molecule has 1 N–H and O–H groups in total. The van der Waals surface area contributed by atoms with Crippen LogP contribution in [0.3, 0.4) is 0 Å². The zero-order valence-electron chi connectivity index (χ0n) is 14.4. The molecule has 2 rings (SSSR count). The van der Waals surface area contributed by atoms with Gasteiger partial charge in [-0.25, -0.2) is 13.1 Å². The molecule has 0 fully saturated rings. The standard InChI is InChI=1S/C18H23NO4S/c1-13-10-17(8-9-18(13)23-4)24(20,21)19-14(2)11-15-6-5-7-16(12-15)22-3/h5-10,12,14,19H,11H2,1-4H3. The number of methoxy groups -OCH3 is 2. The van der Waals surface area contributed by atoms with Crippen molar-refractivity contribution < 1.29 is 17.9 Å². The maximum Gasteiger partial charge on any atom is 0.240 e. The number of nitrogens with one attached hydrogen (secondary N) is 1. The molecule has 0 radical (unpaired) electrons. The van der Waals surface area contributed by atoms with Crippen molar-refractivity contribution in [2.45, 2.75) is 31.2 Å². The van der Waals surface area contributed by atoms with Gasteiger partial charge in [-0.3, -0.25) is 0 Å². The van der Waals surface area contributed by atoms with Crippen LogP contribution in [0, 0.1) is 6.92 Å².